The SMILES string of the molecule is O=C(COC1CCCOC1)NCC(O)CN1CCc2ccccc2C1. The molecule has 0 aromatic heterocycles. The van der Waals surface area contributed by atoms with Crippen LogP contribution in [0.3, 0.4) is 0 Å². The van der Waals surface area contributed by atoms with Crippen molar-refractivity contribution in [2.45, 2.75) is 38.0 Å². The van der Waals surface area contributed by atoms with Crippen LogP contribution in [0, 0.1) is 0 Å². The number of nitrogens with one attached hydrogen (secondary N) is 1. The average Bonchev–Trinajstić information content (AvgIpc) is 2.65. The highest BCUT2D eigenvalue weighted by molar-refractivity contribution is 5.77. The maximum atomic E-state index is 11.8. The molecule has 2 heterocycles. The number of ether oxygens (including phenoxy) is 2. The zero-order valence-corrected chi connectivity index (χ0v) is 14.7. The highest BCUT2D eigenvalue weighted by atomic mass is 16.5. The number of amides is 1. The lowest BCUT2D eigenvalue weighted by Gasteiger charge is -2.30. The van der Waals surface area contributed by atoms with E-state index < -0.39 is 6.10 Å². The first kappa shape index (κ1) is 18.3. The van der Waals surface area contributed by atoms with Gasteiger partial charge in [0.15, 0.2) is 0 Å². The first-order chi connectivity index (χ1) is 12.2. The average molecular weight is 348 g/mol. The van der Waals surface area contributed by atoms with Crippen LogP contribution in [0.5, 0.6) is 0 Å². The van der Waals surface area contributed by atoms with E-state index in [2.05, 4.69) is 34.5 Å². The van der Waals surface area contributed by atoms with Gasteiger partial charge in [-0.2, -0.15) is 0 Å². The molecule has 25 heavy (non-hydrogen) atoms. The molecule has 0 saturated carbocycles. The first-order valence-electron chi connectivity index (χ1n) is 9.14. The van der Waals surface area contributed by atoms with Crippen LogP contribution in [0.2, 0.25) is 0 Å². The first-order valence-corrected chi connectivity index (χ1v) is 9.14. The monoisotopic (exact) mass is 348 g/mol. The Hall–Kier alpha value is -1.47. The molecule has 2 aliphatic heterocycles. The fraction of sp³-hybridized carbons (Fsp3) is 0.632. The molecule has 6 heteroatoms. The van der Waals surface area contributed by atoms with Crippen LogP contribution in [-0.2, 0) is 27.2 Å². The van der Waals surface area contributed by atoms with E-state index in [9.17, 15) is 9.90 Å². The maximum Gasteiger partial charge on any atom is 0.246 e. The summed E-state index contributed by atoms with van der Waals surface area (Å²) in [6, 6.07) is 8.43. The number of nitrogens with zero attached hydrogens (tertiary/aromatic N) is 1. The Morgan fingerprint density at radius 3 is 3.04 bits per heavy atom. The van der Waals surface area contributed by atoms with Crippen LogP contribution in [-0.4, -0.2) is 67.6 Å². The third-order valence-corrected chi connectivity index (χ3v) is 4.78. The van der Waals surface area contributed by atoms with Crippen molar-refractivity contribution < 1.29 is 19.4 Å². The topological polar surface area (TPSA) is 71.0 Å². The Balaban J connectivity index is 1.32. The predicted molar refractivity (Wildman–Crippen MR) is 94.2 cm³/mol. The Morgan fingerprint density at radius 2 is 2.24 bits per heavy atom. The molecule has 138 valence electrons. The van der Waals surface area contributed by atoms with E-state index in [1.807, 2.05) is 0 Å². The van der Waals surface area contributed by atoms with E-state index in [0.29, 0.717) is 13.2 Å². The number of aliphatic hydroxyl groups excluding tert-OH is 1. The molecule has 6 nitrogen and oxygen atoms in total. The molecule has 0 spiro atoms. The van der Waals surface area contributed by atoms with E-state index in [0.717, 1.165) is 39.0 Å². The van der Waals surface area contributed by atoms with Crippen molar-refractivity contribution in [3.63, 3.8) is 0 Å². The second kappa shape index (κ2) is 9.29. The van der Waals surface area contributed by atoms with Gasteiger partial charge in [0.05, 0.1) is 18.8 Å². The summed E-state index contributed by atoms with van der Waals surface area (Å²) in [7, 11) is 0. The highest BCUT2D eigenvalue weighted by Gasteiger charge is 2.19. The number of carbonyl (C=O) groups excluding carboxylic acids is 1. The van der Waals surface area contributed by atoms with Gasteiger partial charge < -0.3 is 19.9 Å². The molecule has 1 aromatic rings. The molecule has 2 atom stereocenters. The van der Waals surface area contributed by atoms with Crippen LogP contribution in [0.15, 0.2) is 24.3 Å². The summed E-state index contributed by atoms with van der Waals surface area (Å²) in [6.45, 7) is 3.97. The summed E-state index contributed by atoms with van der Waals surface area (Å²) in [5, 5.41) is 12.9. The fourth-order valence-electron chi connectivity index (χ4n) is 3.39. The Bertz CT molecular complexity index is 560. The molecule has 1 saturated heterocycles. The van der Waals surface area contributed by atoms with Crippen molar-refractivity contribution in [1.82, 2.24) is 10.2 Å². The van der Waals surface area contributed by atoms with Crippen molar-refractivity contribution in [1.29, 1.82) is 0 Å². The number of rotatable bonds is 7. The summed E-state index contributed by atoms with van der Waals surface area (Å²) < 4.78 is 10.9. The molecule has 3 rings (SSSR count). The van der Waals surface area contributed by atoms with Gasteiger partial charge in [-0.25, -0.2) is 0 Å². The summed E-state index contributed by atoms with van der Waals surface area (Å²) in [5.41, 5.74) is 2.72. The van der Waals surface area contributed by atoms with Crippen LogP contribution in [0.4, 0.5) is 0 Å². The lowest BCUT2D eigenvalue weighted by molar-refractivity contribution is -0.131. The van der Waals surface area contributed by atoms with Gasteiger partial charge in [0.1, 0.15) is 6.61 Å². The van der Waals surface area contributed by atoms with Gasteiger partial charge >= 0.3 is 0 Å². The number of fused-ring (bicyclic) bond motifs is 1. The standard InChI is InChI=1S/C19H28N2O4/c22-17(10-20-19(23)14-25-18-6-3-9-24-13-18)12-21-8-7-15-4-1-2-5-16(15)11-21/h1-2,4-5,17-18,22H,3,6-14H2,(H,20,23). The fourth-order valence-corrected chi connectivity index (χ4v) is 3.39. The quantitative estimate of drug-likeness (QED) is 0.760. The van der Waals surface area contributed by atoms with Gasteiger partial charge in [-0.05, 0) is 30.4 Å². The van der Waals surface area contributed by atoms with E-state index in [-0.39, 0.29) is 25.2 Å². The normalized spacial score (nSPS) is 22.2. The van der Waals surface area contributed by atoms with Crippen molar-refractivity contribution in [2.24, 2.45) is 0 Å². The zero-order chi connectivity index (χ0) is 17.5. The minimum absolute atomic E-state index is 0.0119. The third kappa shape index (κ3) is 5.78. The lowest BCUT2D eigenvalue weighted by Crippen LogP contribution is -2.43. The molecule has 1 fully saturated rings. The second-order valence-corrected chi connectivity index (χ2v) is 6.86. The van der Waals surface area contributed by atoms with Crippen molar-refractivity contribution in [2.75, 3.05) is 39.5 Å². The van der Waals surface area contributed by atoms with Gasteiger partial charge in [-0.15, -0.1) is 0 Å². The molecule has 2 aliphatic rings. The molecule has 2 N–H and O–H groups in total. The van der Waals surface area contributed by atoms with Crippen LogP contribution >= 0.6 is 0 Å². The van der Waals surface area contributed by atoms with Crippen molar-refractivity contribution >= 4 is 5.91 Å². The number of aliphatic hydroxyl groups is 1. The number of carbonyl (C=O) groups is 1. The number of hydrogen-bond acceptors (Lipinski definition) is 5. The zero-order valence-electron chi connectivity index (χ0n) is 14.7. The molecule has 2 unspecified atom stereocenters. The third-order valence-electron chi connectivity index (χ3n) is 4.78. The Labute approximate surface area is 149 Å². The number of β-amino-alcohol motifs (C(OH)–C–C–N with tert-alkyl or cyclic N) is 1. The molecule has 1 amide bonds. The number of benzene rings is 1. The van der Waals surface area contributed by atoms with Gasteiger partial charge in [-0.1, -0.05) is 24.3 Å². The van der Waals surface area contributed by atoms with E-state index >= 15 is 0 Å². The maximum absolute atomic E-state index is 11.8. The van der Waals surface area contributed by atoms with E-state index in [1.54, 1.807) is 0 Å². The van der Waals surface area contributed by atoms with Gasteiger partial charge in [0.2, 0.25) is 5.91 Å². The van der Waals surface area contributed by atoms with E-state index in [4.69, 9.17) is 9.47 Å². The number of hydrogen-bond donors (Lipinski definition) is 2. The van der Waals surface area contributed by atoms with Crippen molar-refractivity contribution in [3.05, 3.63) is 35.4 Å². The predicted octanol–water partition coefficient (Wildman–Crippen LogP) is 0.717. The van der Waals surface area contributed by atoms with Gasteiger partial charge in [0.25, 0.3) is 0 Å². The molecule has 1 aromatic carbocycles. The summed E-state index contributed by atoms with van der Waals surface area (Å²) in [4.78, 5) is 14.1. The Morgan fingerprint density at radius 1 is 1.40 bits per heavy atom. The summed E-state index contributed by atoms with van der Waals surface area (Å²) in [5.74, 6) is -0.186. The van der Waals surface area contributed by atoms with Crippen LogP contribution in [0.25, 0.3) is 0 Å². The summed E-state index contributed by atoms with van der Waals surface area (Å²) >= 11 is 0. The molecular formula is C19H28N2O4. The molecular weight excluding hydrogens is 320 g/mol. The molecule has 0 aliphatic carbocycles. The van der Waals surface area contributed by atoms with Gasteiger partial charge in [0, 0.05) is 32.8 Å². The summed E-state index contributed by atoms with van der Waals surface area (Å²) in [6.07, 6.45) is 2.35. The van der Waals surface area contributed by atoms with Crippen LogP contribution in [0.1, 0.15) is 24.0 Å². The highest BCUT2D eigenvalue weighted by Crippen LogP contribution is 2.18. The Kier molecular flexibility index (Phi) is 6.81. The molecule has 0 bridgehead atoms. The molecule has 0 radical (unpaired) electrons. The van der Waals surface area contributed by atoms with E-state index in [1.165, 1.54) is 11.1 Å². The second-order valence-electron chi connectivity index (χ2n) is 6.86. The largest absolute Gasteiger partial charge is 0.390 e. The minimum Gasteiger partial charge on any atom is -0.390 e. The van der Waals surface area contributed by atoms with Crippen molar-refractivity contribution in [3.8, 4) is 0 Å². The lowest BCUT2D eigenvalue weighted by atomic mass is 10.00. The van der Waals surface area contributed by atoms with Gasteiger partial charge in [-0.3, -0.25) is 9.69 Å². The smallest absolute Gasteiger partial charge is 0.246 e. The minimum atomic E-state index is -0.577. The van der Waals surface area contributed by atoms with Crippen LogP contribution < -0.4 is 5.32 Å².